The molecule has 5 heteroatoms. The van der Waals surface area contributed by atoms with E-state index in [0.717, 1.165) is 13.0 Å². The highest BCUT2D eigenvalue weighted by atomic mass is 16.5. The standard InChI is InChI=1S/C13H20N2O3/c1-3-18-13(17)11-4-5-12(15-9-11)14-8-10(2)6-7-16/h4-5,9-10,16H,3,6-8H2,1-2H3,(H,14,15). The van der Waals surface area contributed by atoms with Gasteiger partial charge in [0.2, 0.25) is 0 Å². The van der Waals surface area contributed by atoms with Gasteiger partial charge in [-0.1, -0.05) is 6.92 Å². The lowest BCUT2D eigenvalue weighted by atomic mass is 10.1. The van der Waals surface area contributed by atoms with E-state index in [2.05, 4.69) is 17.2 Å². The molecule has 0 spiro atoms. The Kier molecular flexibility index (Phi) is 6.14. The first-order valence-electron chi connectivity index (χ1n) is 6.15. The average molecular weight is 252 g/mol. The van der Waals surface area contributed by atoms with E-state index in [4.69, 9.17) is 9.84 Å². The van der Waals surface area contributed by atoms with Gasteiger partial charge in [-0.3, -0.25) is 0 Å². The molecule has 0 radical (unpaired) electrons. The van der Waals surface area contributed by atoms with Crippen molar-refractivity contribution in [3.8, 4) is 0 Å². The lowest BCUT2D eigenvalue weighted by Crippen LogP contribution is -2.13. The van der Waals surface area contributed by atoms with E-state index < -0.39 is 0 Å². The third-order valence-corrected chi connectivity index (χ3v) is 2.53. The number of hydrogen-bond donors (Lipinski definition) is 2. The minimum Gasteiger partial charge on any atom is -0.462 e. The van der Waals surface area contributed by atoms with Crippen LogP contribution in [0, 0.1) is 5.92 Å². The number of ether oxygens (including phenoxy) is 1. The van der Waals surface area contributed by atoms with E-state index in [1.807, 2.05) is 0 Å². The fourth-order valence-electron chi connectivity index (χ4n) is 1.43. The van der Waals surface area contributed by atoms with E-state index in [1.54, 1.807) is 19.1 Å². The second-order valence-electron chi connectivity index (χ2n) is 4.15. The molecule has 0 aliphatic heterocycles. The maximum atomic E-state index is 11.4. The van der Waals surface area contributed by atoms with Crippen molar-refractivity contribution in [1.29, 1.82) is 0 Å². The minimum atomic E-state index is -0.356. The molecule has 0 amide bonds. The fourth-order valence-corrected chi connectivity index (χ4v) is 1.43. The van der Waals surface area contributed by atoms with Gasteiger partial charge >= 0.3 is 5.97 Å². The molecule has 0 aromatic carbocycles. The SMILES string of the molecule is CCOC(=O)c1ccc(NCC(C)CCO)nc1. The lowest BCUT2D eigenvalue weighted by Gasteiger charge is -2.11. The Bertz CT molecular complexity index is 365. The molecule has 1 rings (SSSR count). The number of aliphatic hydroxyl groups is 1. The maximum absolute atomic E-state index is 11.4. The highest BCUT2D eigenvalue weighted by molar-refractivity contribution is 5.89. The first kappa shape index (κ1) is 14.4. The van der Waals surface area contributed by atoms with Crippen LogP contribution in [0.3, 0.4) is 0 Å². The van der Waals surface area contributed by atoms with Crippen LogP contribution < -0.4 is 5.32 Å². The Morgan fingerprint density at radius 1 is 1.56 bits per heavy atom. The van der Waals surface area contributed by atoms with Crippen LogP contribution in [-0.4, -0.2) is 35.8 Å². The quantitative estimate of drug-likeness (QED) is 0.722. The number of nitrogens with zero attached hydrogens (tertiary/aromatic N) is 1. The number of aliphatic hydroxyl groups excluding tert-OH is 1. The van der Waals surface area contributed by atoms with E-state index in [9.17, 15) is 4.79 Å². The molecule has 0 fully saturated rings. The predicted octanol–water partition coefficient (Wildman–Crippen LogP) is 1.69. The monoisotopic (exact) mass is 252 g/mol. The maximum Gasteiger partial charge on any atom is 0.339 e. The molecule has 0 saturated heterocycles. The number of carbonyl (C=O) groups is 1. The van der Waals surface area contributed by atoms with Crippen LogP contribution in [0.4, 0.5) is 5.82 Å². The average Bonchev–Trinajstić information content (AvgIpc) is 2.37. The van der Waals surface area contributed by atoms with Gasteiger partial charge in [0.15, 0.2) is 0 Å². The van der Waals surface area contributed by atoms with E-state index >= 15 is 0 Å². The number of rotatable bonds is 7. The van der Waals surface area contributed by atoms with Crippen molar-refractivity contribution in [2.45, 2.75) is 20.3 Å². The topological polar surface area (TPSA) is 71.5 Å². The lowest BCUT2D eigenvalue weighted by molar-refractivity contribution is 0.0526. The van der Waals surface area contributed by atoms with Crippen LogP contribution in [0.25, 0.3) is 0 Å². The van der Waals surface area contributed by atoms with E-state index in [0.29, 0.717) is 23.9 Å². The zero-order valence-corrected chi connectivity index (χ0v) is 10.8. The first-order valence-corrected chi connectivity index (χ1v) is 6.15. The van der Waals surface area contributed by atoms with Crippen molar-refractivity contribution in [1.82, 2.24) is 4.98 Å². The second-order valence-corrected chi connectivity index (χ2v) is 4.15. The van der Waals surface area contributed by atoms with E-state index in [-0.39, 0.29) is 12.6 Å². The van der Waals surface area contributed by atoms with Crippen LogP contribution in [0.15, 0.2) is 18.3 Å². The van der Waals surface area contributed by atoms with E-state index in [1.165, 1.54) is 6.20 Å². The van der Waals surface area contributed by atoms with Gasteiger partial charge in [-0.15, -0.1) is 0 Å². The third-order valence-electron chi connectivity index (χ3n) is 2.53. The fraction of sp³-hybridized carbons (Fsp3) is 0.538. The van der Waals surface area contributed by atoms with Gasteiger partial charge in [-0.2, -0.15) is 0 Å². The van der Waals surface area contributed by atoms with Crippen LogP contribution >= 0.6 is 0 Å². The normalized spacial score (nSPS) is 11.9. The van der Waals surface area contributed by atoms with Gasteiger partial charge in [0.1, 0.15) is 5.82 Å². The van der Waals surface area contributed by atoms with Gasteiger partial charge < -0.3 is 15.2 Å². The summed E-state index contributed by atoms with van der Waals surface area (Å²) in [6.07, 6.45) is 2.25. The summed E-state index contributed by atoms with van der Waals surface area (Å²) in [5, 5.41) is 11.9. The molecule has 100 valence electrons. The Balaban J connectivity index is 2.47. The molecule has 0 bridgehead atoms. The van der Waals surface area contributed by atoms with Gasteiger partial charge in [-0.25, -0.2) is 9.78 Å². The highest BCUT2D eigenvalue weighted by Crippen LogP contribution is 2.08. The second kappa shape index (κ2) is 7.66. The van der Waals surface area contributed by atoms with Crippen molar-refractivity contribution in [3.05, 3.63) is 23.9 Å². The molecule has 1 aromatic heterocycles. The molecule has 5 nitrogen and oxygen atoms in total. The van der Waals surface area contributed by atoms with Crippen LogP contribution in [0.5, 0.6) is 0 Å². The number of pyridine rings is 1. The van der Waals surface area contributed by atoms with Crippen molar-refractivity contribution in [3.63, 3.8) is 0 Å². The number of hydrogen-bond acceptors (Lipinski definition) is 5. The Labute approximate surface area is 107 Å². The molecule has 0 aliphatic rings. The predicted molar refractivity (Wildman–Crippen MR) is 69.6 cm³/mol. The molecular weight excluding hydrogens is 232 g/mol. The summed E-state index contributed by atoms with van der Waals surface area (Å²) in [6, 6.07) is 3.43. The Morgan fingerprint density at radius 3 is 2.89 bits per heavy atom. The summed E-state index contributed by atoms with van der Waals surface area (Å²) >= 11 is 0. The van der Waals surface area contributed by atoms with Crippen molar-refractivity contribution >= 4 is 11.8 Å². The van der Waals surface area contributed by atoms with Gasteiger partial charge in [0.05, 0.1) is 12.2 Å². The number of nitrogens with one attached hydrogen (secondary N) is 1. The summed E-state index contributed by atoms with van der Waals surface area (Å²) in [7, 11) is 0. The number of anilines is 1. The molecule has 1 aromatic rings. The van der Waals surface area contributed by atoms with Gasteiger partial charge in [0.25, 0.3) is 0 Å². The number of aromatic nitrogens is 1. The van der Waals surface area contributed by atoms with Gasteiger partial charge in [0, 0.05) is 19.3 Å². The molecular formula is C13H20N2O3. The van der Waals surface area contributed by atoms with Crippen LogP contribution in [-0.2, 0) is 4.74 Å². The zero-order valence-electron chi connectivity index (χ0n) is 10.8. The summed E-state index contributed by atoms with van der Waals surface area (Å²) in [5.74, 6) is 0.736. The molecule has 2 N–H and O–H groups in total. The first-order chi connectivity index (χ1) is 8.67. The van der Waals surface area contributed by atoms with Gasteiger partial charge in [-0.05, 0) is 31.4 Å². The van der Waals surface area contributed by atoms with Crippen LogP contribution in [0.1, 0.15) is 30.6 Å². The zero-order chi connectivity index (χ0) is 13.4. The van der Waals surface area contributed by atoms with Crippen molar-refractivity contribution < 1.29 is 14.6 Å². The third kappa shape index (κ3) is 4.71. The molecule has 1 unspecified atom stereocenters. The van der Waals surface area contributed by atoms with Crippen molar-refractivity contribution in [2.24, 2.45) is 5.92 Å². The number of carbonyl (C=O) groups excluding carboxylic acids is 1. The van der Waals surface area contributed by atoms with Crippen LogP contribution in [0.2, 0.25) is 0 Å². The summed E-state index contributed by atoms with van der Waals surface area (Å²) in [5.41, 5.74) is 0.450. The highest BCUT2D eigenvalue weighted by Gasteiger charge is 2.07. The van der Waals surface area contributed by atoms with Crippen molar-refractivity contribution in [2.75, 3.05) is 25.1 Å². The molecule has 18 heavy (non-hydrogen) atoms. The largest absolute Gasteiger partial charge is 0.462 e. The minimum absolute atomic E-state index is 0.193. The molecule has 0 aliphatic carbocycles. The Hall–Kier alpha value is -1.62. The Morgan fingerprint density at radius 2 is 2.33 bits per heavy atom. The summed E-state index contributed by atoms with van der Waals surface area (Å²) < 4.78 is 4.87. The summed E-state index contributed by atoms with van der Waals surface area (Å²) in [6.45, 7) is 5.11. The smallest absolute Gasteiger partial charge is 0.339 e. The summed E-state index contributed by atoms with van der Waals surface area (Å²) in [4.78, 5) is 15.5. The molecule has 0 saturated carbocycles. The molecule has 1 atom stereocenters. The molecule has 1 heterocycles. The number of esters is 1.